The molecule has 2 aromatic carbocycles. The first-order valence-corrected chi connectivity index (χ1v) is 10.4. The highest BCUT2D eigenvalue weighted by molar-refractivity contribution is 5.42. The first-order valence-electron chi connectivity index (χ1n) is 10.4. The van der Waals surface area contributed by atoms with Gasteiger partial charge in [0.2, 0.25) is 0 Å². The molecule has 4 heteroatoms. The Balaban J connectivity index is 1.78. The summed E-state index contributed by atoms with van der Waals surface area (Å²) in [5.74, 6) is 0.861. The lowest BCUT2D eigenvalue weighted by Crippen LogP contribution is -2.30. The van der Waals surface area contributed by atoms with E-state index in [1.54, 1.807) is 0 Å². The van der Waals surface area contributed by atoms with E-state index in [1.165, 1.54) is 30.4 Å². The van der Waals surface area contributed by atoms with Crippen LogP contribution in [0.1, 0.15) is 55.2 Å². The van der Waals surface area contributed by atoms with Gasteiger partial charge in [0.1, 0.15) is 5.75 Å². The highest BCUT2D eigenvalue weighted by Crippen LogP contribution is 2.45. The van der Waals surface area contributed by atoms with Gasteiger partial charge in [-0.2, -0.15) is 0 Å². The van der Waals surface area contributed by atoms with Crippen molar-refractivity contribution in [1.29, 1.82) is 0 Å². The molecule has 3 rings (SSSR count). The zero-order valence-electron chi connectivity index (χ0n) is 16.6. The Morgan fingerprint density at radius 3 is 2.00 bits per heavy atom. The number of ether oxygens (including phenoxy) is 2. The van der Waals surface area contributed by atoms with Gasteiger partial charge in [-0.05, 0) is 41.7 Å². The van der Waals surface area contributed by atoms with Crippen LogP contribution in [0, 0.1) is 0 Å². The minimum atomic E-state index is 0.0565. The van der Waals surface area contributed by atoms with E-state index in [-0.39, 0.29) is 18.6 Å². The molecule has 2 N–H and O–H groups in total. The van der Waals surface area contributed by atoms with Gasteiger partial charge in [-0.1, -0.05) is 55.7 Å². The Hall–Kier alpha value is -1.88. The molecule has 0 spiro atoms. The molecule has 1 aliphatic rings. The molecular formula is C24H32O4. The van der Waals surface area contributed by atoms with Crippen LogP contribution in [0.2, 0.25) is 0 Å². The average Bonchev–Trinajstić information content (AvgIpc) is 2.76. The highest BCUT2D eigenvalue weighted by Gasteiger charge is 2.35. The van der Waals surface area contributed by atoms with E-state index >= 15 is 0 Å². The normalized spacial score (nSPS) is 16.1. The van der Waals surface area contributed by atoms with Crippen molar-refractivity contribution < 1.29 is 19.7 Å². The Bertz CT molecular complexity index is 632. The van der Waals surface area contributed by atoms with Crippen LogP contribution in [0.25, 0.3) is 0 Å². The summed E-state index contributed by atoms with van der Waals surface area (Å²) in [5.41, 5.74) is 3.92. The molecule has 1 aliphatic carbocycles. The Labute approximate surface area is 168 Å². The molecule has 0 amide bonds. The lowest BCUT2D eigenvalue weighted by Gasteiger charge is -2.39. The van der Waals surface area contributed by atoms with Crippen molar-refractivity contribution in [3.05, 3.63) is 65.2 Å². The Kier molecular flexibility index (Phi) is 7.90. The van der Waals surface area contributed by atoms with Crippen molar-refractivity contribution in [3.8, 4) is 5.75 Å². The standard InChI is InChI=1S/C24H32O4/c25-15-4-17-28-23-11-9-22(10-12-23)24(13-2-1-3-14-24)21-7-5-20(6-8-21)19-27-18-16-26/h5-12,25-26H,1-4,13-19H2. The summed E-state index contributed by atoms with van der Waals surface area (Å²) in [5, 5.41) is 17.8. The molecule has 1 fully saturated rings. The highest BCUT2D eigenvalue weighted by atomic mass is 16.5. The van der Waals surface area contributed by atoms with Gasteiger partial charge in [0.15, 0.2) is 0 Å². The molecule has 1 saturated carbocycles. The molecule has 0 radical (unpaired) electrons. The Morgan fingerprint density at radius 2 is 1.39 bits per heavy atom. The monoisotopic (exact) mass is 384 g/mol. The van der Waals surface area contributed by atoms with E-state index in [2.05, 4.69) is 48.5 Å². The van der Waals surface area contributed by atoms with Crippen LogP contribution < -0.4 is 4.74 Å². The van der Waals surface area contributed by atoms with Gasteiger partial charge in [0.25, 0.3) is 0 Å². The van der Waals surface area contributed by atoms with Crippen molar-refractivity contribution in [1.82, 2.24) is 0 Å². The van der Waals surface area contributed by atoms with Crippen LogP contribution in [0.4, 0.5) is 0 Å². The van der Waals surface area contributed by atoms with Crippen LogP contribution in [-0.2, 0) is 16.8 Å². The Morgan fingerprint density at radius 1 is 0.750 bits per heavy atom. The first-order chi connectivity index (χ1) is 13.8. The maximum absolute atomic E-state index is 8.90. The average molecular weight is 385 g/mol. The molecule has 0 bridgehead atoms. The topological polar surface area (TPSA) is 58.9 Å². The smallest absolute Gasteiger partial charge is 0.119 e. The van der Waals surface area contributed by atoms with Gasteiger partial charge < -0.3 is 19.7 Å². The zero-order chi connectivity index (χ0) is 19.7. The molecule has 4 nitrogen and oxygen atoms in total. The fraction of sp³-hybridized carbons (Fsp3) is 0.500. The molecule has 0 saturated heterocycles. The summed E-state index contributed by atoms with van der Waals surface area (Å²) < 4.78 is 11.1. The van der Waals surface area contributed by atoms with Crippen molar-refractivity contribution in [2.24, 2.45) is 0 Å². The van der Waals surface area contributed by atoms with Crippen LogP contribution >= 0.6 is 0 Å². The van der Waals surface area contributed by atoms with Crippen molar-refractivity contribution >= 4 is 0 Å². The fourth-order valence-electron chi connectivity index (χ4n) is 4.20. The third-order valence-corrected chi connectivity index (χ3v) is 5.70. The van der Waals surface area contributed by atoms with E-state index in [0.29, 0.717) is 26.2 Å². The molecule has 152 valence electrons. The summed E-state index contributed by atoms with van der Waals surface area (Å²) in [6, 6.07) is 17.3. The van der Waals surface area contributed by atoms with E-state index in [0.717, 1.165) is 24.2 Å². The molecule has 0 atom stereocenters. The molecule has 2 aromatic rings. The van der Waals surface area contributed by atoms with Crippen molar-refractivity contribution in [3.63, 3.8) is 0 Å². The fourth-order valence-corrected chi connectivity index (χ4v) is 4.20. The van der Waals surface area contributed by atoms with Gasteiger partial charge in [-0.3, -0.25) is 0 Å². The summed E-state index contributed by atoms with van der Waals surface area (Å²) in [4.78, 5) is 0. The van der Waals surface area contributed by atoms with Crippen molar-refractivity contribution in [2.75, 3.05) is 26.4 Å². The van der Waals surface area contributed by atoms with Crippen LogP contribution in [0.3, 0.4) is 0 Å². The molecular weight excluding hydrogens is 352 g/mol. The zero-order valence-corrected chi connectivity index (χ0v) is 16.6. The molecule has 0 aromatic heterocycles. The SMILES string of the molecule is OCCCOc1ccc(C2(c3ccc(COCCO)cc3)CCCCC2)cc1. The molecule has 28 heavy (non-hydrogen) atoms. The second kappa shape index (κ2) is 10.6. The summed E-state index contributed by atoms with van der Waals surface area (Å²) in [6.07, 6.45) is 6.78. The van der Waals surface area contributed by atoms with Gasteiger partial charge in [0, 0.05) is 18.4 Å². The molecule has 0 aliphatic heterocycles. The predicted octanol–water partition coefficient (Wildman–Crippen LogP) is 4.21. The maximum Gasteiger partial charge on any atom is 0.119 e. The molecule has 0 unspecified atom stereocenters. The predicted molar refractivity (Wildman–Crippen MR) is 111 cm³/mol. The number of rotatable bonds is 10. The van der Waals surface area contributed by atoms with Gasteiger partial charge in [-0.15, -0.1) is 0 Å². The van der Waals surface area contributed by atoms with E-state index in [9.17, 15) is 0 Å². The van der Waals surface area contributed by atoms with Crippen LogP contribution in [-0.4, -0.2) is 36.6 Å². The minimum Gasteiger partial charge on any atom is -0.494 e. The number of hydrogen-bond acceptors (Lipinski definition) is 4. The molecule has 0 heterocycles. The number of hydrogen-bond donors (Lipinski definition) is 2. The summed E-state index contributed by atoms with van der Waals surface area (Å²) in [6.45, 7) is 1.66. The van der Waals surface area contributed by atoms with Gasteiger partial charge in [-0.25, -0.2) is 0 Å². The van der Waals surface area contributed by atoms with Crippen LogP contribution in [0.5, 0.6) is 5.75 Å². The summed E-state index contributed by atoms with van der Waals surface area (Å²) in [7, 11) is 0. The number of benzene rings is 2. The largest absolute Gasteiger partial charge is 0.494 e. The van der Waals surface area contributed by atoms with Gasteiger partial charge >= 0.3 is 0 Å². The van der Waals surface area contributed by atoms with E-state index < -0.39 is 0 Å². The quantitative estimate of drug-likeness (QED) is 0.603. The number of aliphatic hydroxyl groups is 2. The lowest BCUT2D eigenvalue weighted by molar-refractivity contribution is 0.0815. The third-order valence-electron chi connectivity index (χ3n) is 5.70. The summed E-state index contributed by atoms with van der Waals surface area (Å²) >= 11 is 0. The minimum absolute atomic E-state index is 0.0565. The van der Waals surface area contributed by atoms with E-state index in [1.807, 2.05) is 0 Å². The van der Waals surface area contributed by atoms with E-state index in [4.69, 9.17) is 19.7 Å². The lowest BCUT2D eigenvalue weighted by atomic mass is 9.65. The van der Waals surface area contributed by atoms with Gasteiger partial charge in [0.05, 0.1) is 26.4 Å². The van der Waals surface area contributed by atoms with Crippen LogP contribution in [0.15, 0.2) is 48.5 Å². The third kappa shape index (κ3) is 5.13. The maximum atomic E-state index is 8.90. The van der Waals surface area contributed by atoms with Crippen molar-refractivity contribution in [2.45, 2.75) is 50.5 Å². The number of aliphatic hydroxyl groups excluding tert-OH is 2. The second-order valence-corrected chi connectivity index (χ2v) is 7.57. The first kappa shape index (κ1) is 20.8. The second-order valence-electron chi connectivity index (χ2n) is 7.57.